The summed E-state index contributed by atoms with van der Waals surface area (Å²) >= 11 is 3.22. The van der Waals surface area contributed by atoms with E-state index in [0.29, 0.717) is 34.8 Å². The first-order valence-electron chi connectivity index (χ1n) is 8.70. The third-order valence-electron chi connectivity index (χ3n) is 4.66. The predicted octanol–water partition coefficient (Wildman–Crippen LogP) is 2.99. The molecule has 1 fully saturated rings. The summed E-state index contributed by atoms with van der Waals surface area (Å²) in [6.07, 6.45) is 8.36. The van der Waals surface area contributed by atoms with Crippen molar-refractivity contribution in [3.05, 3.63) is 59.2 Å². The van der Waals surface area contributed by atoms with Crippen LogP contribution in [0.3, 0.4) is 0 Å². The van der Waals surface area contributed by atoms with Crippen LogP contribution in [-0.2, 0) is 4.74 Å². The number of aromatic nitrogens is 6. The molecular weight excluding hydrogens is 429 g/mol. The summed E-state index contributed by atoms with van der Waals surface area (Å²) in [5.74, 6) is 0.952. The van der Waals surface area contributed by atoms with Crippen molar-refractivity contribution in [2.45, 2.75) is 6.10 Å². The third kappa shape index (κ3) is 3.04. The van der Waals surface area contributed by atoms with E-state index >= 15 is 0 Å². The number of rotatable bonds is 3. The highest BCUT2D eigenvalue weighted by Gasteiger charge is 2.25. The monoisotopic (exact) mass is 443 g/mol. The maximum absolute atomic E-state index is 13.8. The van der Waals surface area contributed by atoms with Crippen molar-refractivity contribution in [2.75, 3.05) is 24.6 Å². The number of imidazole rings is 2. The van der Waals surface area contributed by atoms with Crippen molar-refractivity contribution in [1.29, 1.82) is 0 Å². The summed E-state index contributed by atoms with van der Waals surface area (Å²) in [6.45, 7) is 1.95. The SMILES string of the molecule is Fc1cc2ncc(-c3nccc(N4CCOC(c5c[nH]cn5)C4)n3)n2cc1Br. The van der Waals surface area contributed by atoms with Gasteiger partial charge in [0.2, 0.25) is 0 Å². The molecule has 5 heterocycles. The Kier molecular flexibility index (Phi) is 4.29. The molecule has 0 aliphatic carbocycles. The average Bonchev–Trinajstić information content (AvgIpc) is 3.39. The first kappa shape index (κ1) is 17.3. The molecule has 0 amide bonds. The van der Waals surface area contributed by atoms with E-state index in [1.165, 1.54) is 6.07 Å². The Morgan fingerprint density at radius 3 is 3.07 bits per heavy atom. The van der Waals surface area contributed by atoms with Crippen molar-refractivity contribution >= 4 is 27.4 Å². The molecule has 0 spiro atoms. The highest BCUT2D eigenvalue weighted by molar-refractivity contribution is 9.10. The van der Waals surface area contributed by atoms with Gasteiger partial charge in [-0.25, -0.2) is 24.3 Å². The Labute approximate surface area is 167 Å². The molecule has 10 heteroatoms. The van der Waals surface area contributed by atoms with Crippen LogP contribution in [0.15, 0.2) is 47.7 Å². The molecule has 4 aromatic heterocycles. The van der Waals surface area contributed by atoms with Gasteiger partial charge in [0.25, 0.3) is 0 Å². The van der Waals surface area contributed by atoms with Gasteiger partial charge in [-0.1, -0.05) is 0 Å². The molecule has 1 aliphatic heterocycles. The Balaban J connectivity index is 1.48. The fraction of sp³-hybridized carbons (Fsp3) is 0.222. The molecule has 142 valence electrons. The quantitative estimate of drug-likeness (QED) is 0.523. The molecule has 1 N–H and O–H groups in total. The smallest absolute Gasteiger partial charge is 0.180 e. The van der Waals surface area contributed by atoms with Gasteiger partial charge in [0, 0.05) is 31.2 Å². The number of nitrogens with zero attached hydrogens (tertiary/aromatic N) is 6. The van der Waals surface area contributed by atoms with Gasteiger partial charge in [0.15, 0.2) is 5.82 Å². The molecule has 0 bridgehead atoms. The van der Waals surface area contributed by atoms with Gasteiger partial charge in [-0.05, 0) is 22.0 Å². The Bertz CT molecular complexity index is 1130. The average molecular weight is 444 g/mol. The maximum atomic E-state index is 13.8. The molecule has 8 nitrogen and oxygen atoms in total. The Hall–Kier alpha value is -2.85. The first-order chi connectivity index (χ1) is 13.7. The van der Waals surface area contributed by atoms with E-state index < -0.39 is 0 Å². The van der Waals surface area contributed by atoms with Gasteiger partial charge in [0.05, 0.1) is 35.8 Å². The summed E-state index contributed by atoms with van der Waals surface area (Å²) in [7, 11) is 0. The van der Waals surface area contributed by atoms with Gasteiger partial charge in [-0.2, -0.15) is 0 Å². The number of H-pyrrole nitrogens is 1. The van der Waals surface area contributed by atoms with Crippen LogP contribution < -0.4 is 4.90 Å². The highest BCUT2D eigenvalue weighted by atomic mass is 79.9. The van der Waals surface area contributed by atoms with Gasteiger partial charge in [-0.3, -0.25) is 4.40 Å². The minimum atomic E-state index is -0.364. The van der Waals surface area contributed by atoms with Crippen molar-refractivity contribution in [3.63, 3.8) is 0 Å². The fourth-order valence-corrected chi connectivity index (χ4v) is 3.59. The second-order valence-electron chi connectivity index (χ2n) is 6.38. The zero-order valence-corrected chi connectivity index (χ0v) is 16.2. The van der Waals surface area contributed by atoms with E-state index in [-0.39, 0.29) is 11.9 Å². The van der Waals surface area contributed by atoms with Gasteiger partial charge in [0.1, 0.15) is 29.1 Å². The largest absolute Gasteiger partial charge is 0.368 e. The van der Waals surface area contributed by atoms with E-state index in [9.17, 15) is 4.39 Å². The minimum absolute atomic E-state index is 0.117. The van der Waals surface area contributed by atoms with E-state index in [1.807, 2.05) is 12.3 Å². The van der Waals surface area contributed by atoms with Crippen molar-refractivity contribution in [3.8, 4) is 11.5 Å². The molecular formula is C18H15BrFN7O. The van der Waals surface area contributed by atoms with E-state index in [4.69, 9.17) is 9.72 Å². The maximum Gasteiger partial charge on any atom is 0.180 e. The fourth-order valence-electron chi connectivity index (χ4n) is 3.27. The van der Waals surface area contributed by atoms with Crippen LogP contribution in [0.4, 0.5) is 10.2 Å². The number of hydrogen-bond acceptors (Lipinski definition) is 6. The number of hydrogen-bond donors (Lipinski definition) is 1. The lowest BCUT2D eigenvalue weighted by molar-refractivity contribution is 0.0370. The highest BCUT2D eigenvalue weighted by Crippen LogP contribution is 2.26. The van der Waals surface area contributed by atoms with Crippen LogP contribution in [0, 0.1) is 5.82 Å². The summed E-state index contributed by atoms with van der Waals surface area (Å²) in [6, 6.07) is 3.24. The van der Waals surface area contributed by atoms with E-state index in [1.54, 1.807) is 29.3 Å². The number of aromatic amines is 1. The topological polar surface area (TPSA) is 84.2 Å². The molecule has 28 heavy (non-hydrogen) atoms. The van der Waals surface area contributed by atoms with E-state index in [2.05, 4.69) is 40.8 Å². The van der Waals surface area contributed by atoms with Crippen molar-refractivity contribution in [1.82, 2.24) is 29.3 Å². The van der Waals surface area contributed by atoms with Gasteiger partial charge in [-0.15, -0.1) is 0 Å². The molecule has 1 atom stereocenters. The number of pyridine rings is 1. The second kappa shape index (κ2) is 6.95. The zero-order chi connectivity index (χ0) is 19.1. The summed E-state index contributed by atoms with van der Waals surface area (Å²) in [4.78, 5) is 22.8. The van der Waals surface area contributed by atoms with Crippen LogP contribution in [0.5, 0.6) is 0 Å². The third-order valence-corrected chi connectivity index (χ3v) is 5.25. The number of morpholine rings is 1. The van der Waals surface area contributed by atoms with Crippen molar-refractivity contribution < 1.29 is 9.13 Å². The summed E-state index contributed by atoms with van der Waals surface area (Å²) < 4.78 is 21.7. The van der Waals surface area contributed by atoms with Crippen LogP contribution in [-0.4, -0.2) is 49.0 Å². The predicted molar refractivity (Wildman–Crippen MR) is 103 cm³/mol. The van der Waals surface area contributed by atoms with Crippen molar-refractivity contribution in [2.24, 2.45) is 0 Å². The number of fused-ring (bicyclic) bond motifs is 1. The number of halogens is 2. The summed E-state index contributed by atoms with van der Waals surface area (Å²) in [5, 5.41) is 0. The lowest BCUT2D eigenvalue weighted by Crippen LogP contribution is -2.39. The molecule has 1 aliphatic rings. The standard InChI is InChI=1S/C18H15BrFN7O/c19-11-8-27-14(7-23-17(27)5-12(11)20)18-22-2-1-16(25-18)26-3-4-28-15(9-26)13-6-21-10-24-13/h1-2,5-8,10,15H,3-4,9H2,(H,21,24). The van der Waals surface area contributed by atoms with Crippen LogP contribution >= 0.6 is 15.9 Å². The lowest BCUT2D eigenvalue weighted by Gasteiger charge is -2.33. The van der Waals surface area contributed by atoms with E-state index in [0.717, 1.165) is 18.1 Å². The van der Waals surface area contributed by atoms with Crippen LogP contribution in [0.2, 0.25) is 0 Å². The summed E-state index contributed by atoms with van der Waals surface area (Å²) in [5.41, 5.74) is 2.05. The normalized spacial score (nSPS) is 17.4. The van der Waals surface area contributed by atoms with Crippen LogP contribution in [0.25, 0.3) is 17.2 Å². The number of ether oxygens (including phenoxy) is 1. The van der Waals surface area contributed by atoms with Gasteiger partial charge < -0.3 is 14.6 Å². The molecule has 1 unspecified atom stereocenters. The second-order valence-corrected chi connectivity index (χ2v) is 7.23. The van der Waals surface area contributed by atoms with Crippen LogP contribution in [0.1, 0.15) is 11.8 Å². The zero-order valence-electron chi connectivity index (χ0n) is 14.6. The molecule has 0 aromatic carbocycles. The lowest BCUT2D eigenvalue weighted by atomic mass is 10.2. The molecule has 1 saturated heterocycles. The molecule has 0 radical (unpaired) electrons. The molecule has 4 aromatic rings. The first-order valence-corrected chi connectivity index (χ1v) is 9.49. The Morgan fingerprint density at radius 1 is 1.29 bits per heavy atom. The Morgan fingerprint density at radius 2 is 2.21 bits per heavy atom. The molecule has 5 rings (SSSR count). The number of nitrogens with one attached hydrogen (secondary N) is 1. The van der Waals surface area contributed by atoms with Gasteiger partial charge >= 0.3 is 0 Å². The number of anilines is 1. The minimum Gasteiger partial charge on any atom is -0.368 e. The molecule has 0 saturated carbocycles.